The van der Waals surface area contributed by atoms with E-state index in [0.717, 1.165) is 17.6 Å². The summed E-state index contributed by atoms with van der Waals surface area (Å²) in [6, 6.07) is 0. The number of hydrogen-bond donors (Lipinski definition) is 0. The highest BCUT2D eigenvalue weighted by atomic mass is 19.1. The minimum atomic E-state index is -0.165. The van der Waals surface area contributed by atoms with Gasteiger partial charge in [0.25, 0.3) is 0 Å². The molecule has 0 aromatic rings. The second kappa shape index (κ2) is 5.05. The third kappa shape index (κ3) is 3.21. The van der Waals surface area contributed by atoms with Gasteiger partial charge in [0.05, 0.1) is 0 Å². The van der Waals surface area contributed by atoms with E-state index in [-0.39, 0.29) is 11.9 Å². The topological polar surface area (TPSA) is 3.24 Å². The normalized spacial score (nSPS) is 12.8. The van der Waals surface area contributed by atoms with Crippen LogP contribution in [0.1, 0.15) is 27.2 Å². The Bertz CT molecular complexity index is 214. The summed E-state index contributed by atoms with van der Waals surface area (Å²) >= 11 is 0. The van der Waals surface area contributed by atoms with Crippen LogP contribution in [0, 0.1) is 5.92 Å². The summed E-state index contributed by atoms with van der Waals surface area (Å²) in [4.78, 5) is 1.50. The molecule has 0 aromatic carbocycles. The Morgan fingerprint density at radius 1 is 1.38 bits per heavy atom. The number of rotatable bonds is 4. The SMILES string of the molecule is C=C(CC)/C(=C(/F)N(C)C)C(C)C. The Labute approximate surface area is 80.9 Å². The Morgan fingerprint density at radius 3 is 2.08 bits per heavy atom. The molecule has 1 nitrogen and oxygen atoms in total. The van der Waals surface area contributed by atoms with E-state index in [9.17, 15) is 4.39 Å². The maximum absolute atomic E-state index is 13.6. The minimum Gasteiger partial charge on any atom is -0.354 e. The first kappa shape index (κ1) is 12.2. The van der Waals surface area contributed by atoms with Gasteiger partial charge in [-0.2, -0.15) is 4.39 Å². The van der Waals surface area contributed by atoms with Crippen LogP contribution in [0.4, 0.5) is 4.39 Å². The van der Waals surface area contributed by atoms with Crippen molar-refractivity contribution < 1.29 is 4.39 Å². The predicted octanol–water partition coefficient (Wildman–Crippen LogP) is 3.35. The summed E-state index contributed by atoms with van der Waals surface area (Å²) in [6.07, 6.45) is 0.800. The monoisotopic (exact) mass is 185 g/mol. The van der Waals surface area contributed by atoms with Gasteiger partial charge in [0.2, 0.25) is 0 Å². The van der Waals surface area contributed by atoms with Gasteiger partial charge in [-0.3, -0.25) is 0 Å². The Morgan fingerprint density at radius 2 is 1.85 bits per heavy atom. The van der Waals surface area contributed by atoms with E-state index in [1.165, 1.54) is 4.90 Å². The van der Waals surface area contributed by atoms with Crippen molar-refractivity contribution in [2.24, 2.45) is 5.92 Å². The molecule has 0 saturated heterocycles. The molecule has 76 valence electrons. The molecule has 0 spiro atoms. The first-order chi connectivity index (χ1) is 5.91. The third-order valence-electron chi connectivity index (χ3n) is 2.00. The molecule has 0 aliphatic rings. The minimum absolute atomic E-state index is 0.165. The van der Waals surface area contributed by atoms with E-state index >= 15 is 0 Å². The van der Waals surface area contributed by atoms with Crippen LogP contribution in [0.15, 0.2) is 23.7 Å². The van der Waals surface area contributed by atoms with E-state index in [1.54, 1.807) is 14.1 Å². The van der Waals surface area contributed by atoms with Gasteiger partial charge in [-0.05, 0) is 17.9 Å². The molecule has 0 unspecified atom stereocenters. The van der Waals surface area contributed by atoms with Crippen molar-refractivity contribution in [3.05, 3.63) is 23.7 Å². The Hall–Kier alpha value is -0.790. The summed E-state index contributed by atoms with van der Waals surface area (Å²) in [5, 5.41) is 0. The van der Waals surface area contributed by atoms with E-state index in [2.05, 4.69) is 6.58 Å². The predicted molar refractivity (Wildman–Crippen MR) is 56.1 cm³/mol. The lowest BCUT2D eigenvalue weighted by Gasteiger charge is -2.19. The molecule has 0 amide bonds. The molecule has 0 fully saturated rings. The van der Waals surface area contributed by atoms with Crippen LogP contribution in [0.2, 0.25) is 0 Å². The van der Waals surface area contributed by atoms with Crippen LogP contribution in [0.3, 0.4) is 0 Å². The molecule has 0 aliphatic carbocycles. The molecule has 0 heterocycles. The van der Waals surface area contributed by atoms with Crippen molar-refractivity contribution in [1.82, 2.24) is 4.90 Å². The molecular formula is C11H20FN. The maximum Gasteiger partial charge on any atom is 0.192 e. The van der Waals surface area contributed by atoms with Crippen LogP contribution < -0.4 is 0 Å². The van der Waals surface area contributed by atoms with Crippen LogP contribution in [-0.4, -0.2) is 19.0 Å². The highest BCUT2D eigenvalue weighted by Crippen LogP contribution is 2.25. The smallest absolute Gasteiger partial charge is 0.192 e. The molecule has 13 heavy (non-hydrogen) atoms. The lowest BCUT2D eigenvalue weighted by Crippen LogP contribution is -2.13. The van der Waals surface area contributed by atoms with Crippen molar-refractivity contribution in [2.45, 2.75) is 27.2 Å². The fourth-order valence-corrected chi connectivity index (χ4v) is 1.22. The van der Waals surface area contributed by atoms with Gasteiger partial charge in [-0.1, -0.05) is 27.4 Å². The summed E-state index contributed by atoms with van der Waals surface area (Å²) in [7, 11) is 3.42. The molecule has 0 rings (SSSR count). The highest BCUT2D eigenvalue weighted by Gasteiger charge is 2.14. The van der Waals surface area contributed by atoms with E-state index in [0.29, 0.717) is 0 Å². The lowest BCUT2D eigenvalue weighted by atomic mass is 9.95. The van der Waals surface area contributed by atoms with Gasteiger partial charge in [-0.15, -0.1) is 0 Å². The van der Waals surface area contributed by atoms with Crippen molar-refractivity contribution in [2.75, 3.05) is 14.1 Å². The zero-order chi connectivity index (χ0) is 10.6. The van der Waals surface area contributed by atoms with E-state index in [4.69, 9.17) is 0 Å². The van der Waals surface area contributed by atoms with E-state index < -0.39 is 0 Å². The molecule has 0 N–H and O–H groups in total. The zero-order valence-corrected chi connectivity index (χ0v) is 9.32. The number of hydrogen-bond acceptors (Lipinski definition) is 1. The van der Waals surface area contributed by atoms with Crippen molar-refractivity contribution in [1.29, 1.82) is 0 Å². The first-order valence-electron chi connectivity index (χ1n) is 4.66. The van der Waals surface area contributed by atoms with E-state index in [1.807, 2.05) is 20.8 Å². The standard InChI is InChI=1S/C11H20FN/c1-7-9(4)10(8(2)3)11(12)13(5)6/h8H,4,7H2,1-3,5-6H3/b11-10-. The van der Waals surface area contributed by atoms with Gasteiger partial charge in [0, 0.05) is 19.7 Å². The van der Waals surface area contributed by atoms with Gasteiger partial charge in [-0.25, -0.2) is 0 Å². The van der Waals surface area contributed by atoms with Crippen LogP contribution in [-0.2, 0) is 0 Å². The summed E-state index contributed by atoms with van der Waals surface area (Å²) in [6.45, 7) is 9.84. The van der Waals surface area contributed by atoms with Gasteiger partial charge in [0.15, 0.2) is 5.95 Å². The molecular weight excluding hydrogens is 165 g/mol. The van der Waals surface area contributed by atoms with Gasteiger partial charge >= 0.3 is 0 Å². The largest absolute Gasteiger partial charge is 0.354 e. The van der Waals surface area contributed by atoms with Gasteiger partial charge in [0.1, 0.15) is 0 Å². The van der Waals surface area contributed by atoms with Crippen molar-refractivity contribution in [3.63, 3.8) is 0 Å². The number of allylic oxidation sites excluding steroid dienone is 2. The molecule has 0 aromatic heterocycles. The first-order valence-corrected chi connectivity index (χ1v) is 4.66. The number of nitrogens with zero attached hydrogens (tertiary/aromatic N) is 1. The molecule has 0 saturated carbocycles. The van der Waals surface area contributed by atoms with Gasteiger partial charge < -0.3 is 4.90 Å². The Balaban J connectivity index is 5.00. The molecule has 0 bridgehead atoms. The average molecular weight is 185 g/mol. The fourth-order valence-electron chi connectivity index (χ4n) is 1.22. The maximum atomic E-state index is 13.6. The fraction of sp³-hybridized carbons (Fsp3) is 0.636. The zero-order valence-electron chi connectivity index (χ0n) is 9.32. The van der Waals surface area contributed by atoms with Crippen LogP contribution >= 0.6 is 0 Å². The second-order valence-electron chi connectivity index (χ2n) is 3.71. The molecule has 0 aliphatic heterocycles. The number of halogens is 1. The molecule has 2 heteroatoms. The quantitative estimate of drug-likeness (QED) is 0.479. The van der Waals surface area contributed by atoms with Crippen molar-refractivity contribution in [3.8, 4) is 0 Å². The summed E-state index contributed by atoms with van der Waals surface area (Å²) in [5.41, 5.74) is 1.63. The third-order valence-corrected chi connectivity index (χ3v) is 2.00. The summed E-state index contributed by atoms with van der Waals surface area (Å²) in [5.74, 6) is 0.0247. The second-order valence-corrected chi connectivity index (χ2v) is 3.71. The van der Waals surface area contributed by atoms with Crippen LogP contribution in [0.5, 0.6) is 0 Å². The highest BCUT2D eigenvalue weighted by molar-refractivity contribution is 5.31. The Kier molecular flexibility index (Phi) is 4.74. The van der Waals surface area contributed by atoms with Crippen LogP contribution in [0.25, 0.3) is 0 Å². The lowest BCUT2D eigenvalue weighted by molar-refractivity contribution is 0.360. The average Bonchev–Trinajstić information content (AvgIpc) is 2.03. The van der Waals surface area contributed by atoms with Crippen molar-refractivity contribution >= 4 is 0 Å². The summed E-state index contributed by atoms with van der Waals surface area (Å²) < 4.78 is 13.6. The molecule has 0 radical (unpaired) electrons. The molecule has 0 atom stereocenters.